The molecule has 31 heavy (non-hydrogen) atoms. The molecular formula is C28H30N2S. The first kappa shape index (κ1) is 19.5. The number of rotatable bonds is 4. The predicted molar refractivity (Wildman–Crippen MR) is 131 cm³/mol. The Bertz CT molecular complexity index is 1040. The van der Waals surface area contributed by atoms with Crippen molar-refractivity contribution in [3.05, 3.63) is 105 Å². The largest absolute Gasteiger partial charge is 0.360 e. The second kappa shape index (κ2) is 8.37. The molecule has 1 fully saturated rings. The Morgan fingerprint density at radius 2 is 1.81 bits per heavy atom. The molecule has 1 N–H and O–H groups in total. The molecule has 3 unspecified atom stereocenters. The van der Waals surface area contributed by atoms with Crippen molar-refractivity contribution in [2.45, 2.75) is 37.6 Å². The lowest BCUT2D eigenvalue weighted by Gasteiger charge is -2.39. The van der Waals surface area contributed by atoms with Crippen LogP contribution < -0.4 is 5.32 Å². The maximum atomic E-state index is 3.78. The summed E-state index contributed by atoms with van der Waals surface area (Å²) in [5.74, 6) is 1.20. The van der Waals surface area contributed by atoms with Crippen molar-refractivity contribution in [3.63, 3.8) is 0 Å². The number of hydrogen-bond donors (Lipinski definition) is 1. The van der Waals surface area contributed by atoms with E-state index >= 15 is 0 Å². The fourth-order valence-corrected chi connectivity index (χ4v) is 7.22. The van der Waals surface area contributed by atoms with Crippen LogP contribution in [0, 0.1) is 5.92 Å². The van der Waals surface area contributed by atoms with Gasteiger partial charge in [0.15, 0.2) is 0 Å². The number of allylic oxidation sites excluding steroid dienone is 2. The molecule has 1 aliphatic carbocycles. The molecule has 0 saturated carbocycles. The van der Waals surface area contributed by atoms with Gasteiger partial charge in [0, 0.05) is 30.5 Å². The molecule has 3 heterocycles. The quantitative estimate of drug-likeness (QED) is 0.658. The molecule has 0 amide bonds. The highest BCUT2D eigenvalue weighted by Crippen LogP contribution is 2.53. The second-order valence-corrected chi connectivity index (χ2v) is 10.2. The Hall–Kier alpha value is -2.23. The molecule has 1 saturated heterocycles. The normalized spacial score (nSPS) is 27.2. The van der Waals surface area contributed by atoms with Crippen LogP contribution in [-0.2, 0) is 6.42 Å². The number of thioether (sulfide) groups is 1. The van der Waals surface area contributed by atoms with Crippen molar-refractivity contribution in [2.24, 2.45) is 5.92 Å². The summed E-state index contributed by atoms with van der Waals surface area (Å²) in [6.07, 6.45) is 7.26. The maximum Gasteiger partial charge on any atom is 0.0565 e. The summed E-state index contributed by atoms with van der Waals surface area (Å²) in [5, 5.41) is 6.13. The van der Waals surface area contributed by atoms with E-state index in [1.54, 1.807) is 21.7 Å². The molecule has 4 aliphatic rings. The van der Waals surface area contributed by atoms with Gasteiger partial charge in [-0.25, -0.2) is 0 Å². The molecule has 3 aliphatic heterocycles. The summed E-state index contributed by atoms with van der Waals surface area (Å²) >= 11 is 1.98. The van der Waals surface area contributed by atoms with Crippen molar-refractivity contribution in [3.8, 4) is 0 Å². The summed E-state index contributed by atoms with van der Waals surface area (Å²) in [6.45, 7) is 3.25. The monoisotopic (exact) mass is 426 g/mol. The van der Waals surface area contributed by atoms with Gasteiger partial charge in [-0.2, -0.15) is 0 Å². The van der Waals surface area contributed by atoms with E-state index in [1.165, 1.54) is 36.8 Å². The SMILES string of the molecule is C1=CSC2=C3C(=C4CNCC(CCc5ccccc5)C4N3C1)CCC2c1ccccc1. The number of hydrogen-bond acceptors (Lipinski definition) is 3. The van der Waals surface area contributed by atoms with E-state index in [4.69, 9.17) is 0 Å². The summed E-state index contributed by atoms with van der Waals surface area (Å²) in [4.78, 5) is 4.37. The molecule has 2 nitrogen and oxygen atoms in total. The van der Waals surface area contributed by atoms with E-state index in [0.717, 1.165) is 19.6 Å². The summed E-state index contributed by atoms with van der Waals surface area (Å²) < 4.78 is 0. The molecule has 0 radical (unpaired) electrons. The van der Waals surface area contributed by atoms with Crippen LogP contribution >= 0.6 is 11.8 Å². The lowest BCUT2D eigenvalue weighted by Crippen LogP contribution is -2.48. The van der Waals surface area contributed by atoms with Crippen molar-refractivity contribution < 1.29 is 0 Å². The summed E-state index contributed by atoms with van der Waals surface area (Å²) in [7, 11) is 0. The zero-order valence-corrected chi connectivity index (χ0v) is 18.8. The summed E-state index contributed by atoms with van der Waals surface area (Å²) in [5.41, 5.74) is 7.89. The number of fused-ring (bicyclic) bond motifs is 2. The van der Waals surface area contributed by atoms with Crippen LogP contribution in [0.1, 0.15) is 36.3 Å². The highest BCUT2D eigenvalue weighted by molar-refractivity contribution is 8.05. The molecule has 3 heteroatoms. The maximum absolute atomic E-state index is 3.78. The topological polar surface area (TPSA) is 15.3 Å². The van der Waals surface area contributed by atoms with Gasteiger partial charge in [-0.1, -0.05) is 78.5 Å². The average Bonchev–Trinajstić information content (AvgIpc) is 2.99. The van der Waals surface area contributed by atoms with E-state index < -0.39 is 0 Å². The van der Waals surface area contributed by atoms with Crippen LogP contribution in [0.15, 0.2) is 93.9 Å². The minimum absolute atomic E-state index is 0.534. The number of aryl methyl sites for hydroxylation is 1. The van der Waals surface area contributed by atoms with Crippen LogP contribution in [0.3, 0.4) is 0 Å². The molecule has 0 bridgehead atoms. The Kier molecular flexibility index (Phi) is 5.25. The van der Waals surface area contributed by atoms with Gasteiger partial charge in [0.05, 0.1) is 11.7 Å². The molecule has 0 aromatic heterocycles. The third kappa shape index (κ3) is 3.48. The van der Waals surface area contributed by atoms with E-state index in [9.17, 15) is 0 Å². The van der Waals surface area contributed by atoms with Crippen molar-refractivity contribution in [1.29, 1.82) is 0 Å². The first-order valence-corrected chi connectivity index (χ1v) is 12.6. The summed E-state index contributed by atoms with van der Waals surface area (Å²) in [6, 6.07) is 22.8. The van der Waals surface area contributed by atoms with Crippen LogP contribution in [-0.4, -0.2) is 30.6 Å². The fourth-order valence-electron chi connectivity index (χ4n) is 6.12. The molecule has 0 spiro atoms. The molecule has 158 valence electrons. The van der Waals surface area contributed by atoms with Crippen molar-refractivity contribution in [1.82, 2.24) is 10.2 Å². The Morgan fingerprint density at radius 1 is 1.00 bits per heavy atom. The molecule has 3 atom stereocenters. The van der Waals surface area contributed by atoms with E-state index in [2.05, 4.69) is 82.4 Å². The lowest BCUT2D eigenvalue weighted by molar-refractivity contribution is 0.215. The minimum atomic E-state index is 0.534. The molecule has 2 aromatic carbocycles. The zero-order valence-electron chi connectivity index (χ0n) is 18.0. The molecule has 2 aromatic rings. The number of benzene rings is 2. The van der Waals surface area contributed by atoms with Gasteiger partial charge in [-0.15, -0.1) is 0 Å². The van der Waals surface area contributed by atoms with Gasteiger partial charge < -0.3 is 10.2 Å². The number of nitrogens with one attached hydrogen (secondary N) is 1. The Balaban J connectivity index is 1.36. The van der Waals surface area contributed by atoms with Gasteiger partial charge in [-0.05, 0) is 59.3 Å². The van der Waals surface area contributed by atoms with E-state index in [-0.39, 0.29) is 0 Å². The van der Waals surface area contributed by atoms with Gasteiger partial charge in [0.2, 0.25) is 0 Å². The van der Waals surface area contributed by atoms with Gasteiger partial charge >= 0.3 is 0 Å². The average molecular weight is 427 g/mol. The highest BCUT2D eigenvalue weighted by atomic mass is 32.2. The Labute approximate surface area is 190 Å². The smallest absolute Gasteiger partial charge is 0.0565 e. The first-order valence-electron chi connectivity index (χ1n) is 11.7. The van der Waals surface area contributed by atoms with Crippen LogP contribution in [0.5, 0.6) is 0 Å². The van der Waals surface area contributed by atoms with E-state index in [0.29, 0.717) is 17.9 Å². The van der Waals surface area contributed by atoms with Crippen molar-refractivity contribution >= 4 is 11.8 Å². The van der Waals surface area contributed by atoms with E-state index in [1.807, 2.05) is 11.8 Å². The molecule has 6 rings (SSSR count). The van der Waals surface area contributed by atoms with Gasteiger partial charge in [-0.3, -0.25) is 0 Å². The van der Waals surface area contributed by atoms with Crippen LogP contribution in [0.4, 0.5) is 0 Å². The highest BCUT2D eigenvalue weighted by Gasteiger charge is 2.45. The minimum Gasteiger partial charge on any atom is -0.360 e. The third-order valence-electron chi connectivity index (χ3n) is 7.50. The lowest BCUT2D eigenvalue weighted by atomic mass is 9.81. The van der Waals surface area contributed by atoms with Crippen LogP contribution in [0.2, 0.25) is 0 Å². The van der Waals surface area contributed by atoms with Crippen molar-refractivity contribution in [2.75, 3.05) is 19.6 Å². The van der Waals surface area contributed by atoms with Crippen LogP contribution in [0.25, 0.3) is 0 Å². The second-order valence-electron chi connectivity index (χ2n) is 9.22. The number of piperidine rings is 1. The van der Waals surface area contributed by atoms with Gasteiger partial charge in [0.25, 0.3) is 0 Å². The van der Waals surface area contributed by atoms with Gasteiger partial charge in [0.1, 0.15) is 0 Å². The number of nitrogens with zero attached hydrogens (tertiary/aromatic N) is 1. The predicted octanol–water partition coefficient (Wildman–Crippen LogP) is 5.87. The standard InChI is InChI=1S/C28H30N2S/c1-3-8-20(9-4-1)12-13-22-18-29-19-25-24-15-14-23(21-10-5-2-6-11-21)28-27(24)30(26(22)25)16-7-17-31-28/h1-11,17,22-23,26,29H,12-16,18-19H2. The molecular weight excluding hydrogens is 396 g/mol. The fraction of sp³-hybridized carbons (Fsp3) is 0.357. The third-order valence-corrected chi connectivity index (χ3v) is 8.56. The first-order chi connectivity index (χ1) is 15.4. The Morgan fingerprint density at radius 3 is 2.65 bits per heavy atom. The zero-order chi connectivity index (χ0) is 20.6.